The van der Waals surface area contributed by atoms with Crippen LogP contribution in [0.1, 0.15) is 58.8 Å². The summed E-state index contributed by atoms with van der Waals surface area (Å²) in [4.78, 5) is 0. The summed E-state index contributed by atoms with van der Waals surface area (Å²) in [6, 6.07) is 0.725. The quantitative estimate of drug-likeness (QED) is 0.743. The van der Waals surface area contributed by atoms with Crippen LogP contribution in [0, 0.1) is 11.3 Å². The number of hydrogen-bond donors (Lipinski definition) is 2. The smallest absolute Gasteiger partial charge is 0.0195 e. The third-order valence-corrected chi connectivity index (χ3v) is 5.24. The molecule has 1 aliphatic heterocycles. The second-order valence-corrected chi connectivity index (χ2v) is 6.29. The first-order valence-corrected chi connectivity index (χ1v) is 7.72. The van der Waals surface area contributed by atoms with Crippen LogP contribution in [0.5, 0.6) is 0 Å². The van der Waals surface area contributed by atoms with Gasteiger partial charge in [-0.1, -0.05) is 26.7 Å². The van der Waals surface area contributed by atoms with Gasteiger partial charge in [0, 0.05) is 19.1 Å². The molecule has 17 heavy (non-hydrogen) atoms. The molecule has 2 aliphatic rings. The molecule has 0 spiro atoms. The fraction of sp³-hybridized carbons (Fsp3) is 1.00. The highest BCUT2D eigenvalue weighted by atomic mass is 15.0. The lowest BCUT2D eigenvalue weighted by Crippen LogP contribution is -2.47. The van der Waals surface area contributed by atoms with Crippen molar-refractivity contribution in [3.63, 3.8) is 0 Å². The van der Waals surface area contributed by atoms with Crippen LogP contribution >= 0.6 is 0 Å². The molecule has 0 aromatic rings. The van der Waals surface area contributed by atoms with Gasteiger partial charge in [-0.15, -0.1) is 0 Å². The lowest BCUT2D eigenvalue weighted by molar-refractivity contribution is 0.121. The minimum atomic E-state index is 0.666. The van der Waals surface area contributed by atoms with Crippen LogP contribution in [0.3, 0.4) is 0 Å². The zero-order chi connectivity index (χ0) is 12.1. The van der Waals surface area contributed by atoms with Gasteiger partial charge in [0.2, 0.25) is 0 Å². The standard InChI is InChI=1S/C15H30N2/c1-3-13-6-9-17-14(10-13)11-16-12-15(4-2)7-5-8-15/h13-14,16-17H,3-12H2,1-2H3. The molecular formula is C15H30N2. The molecule has 100 valence electrons. The summed E-state index contributed by atoms with van der Waals surface area (Å²) < 4.78 is 0. The zero-order valence-electron chi connectivity index (χ0n) is 11.7. The highest BCUT2D eigenvalue weighted by Crippen LogP contribution is 2.43. The van der Waals surface area contributed by atoms with E-state index in [4.69, 9.17) is 0 Å². The average molecular weight is 238 g/mol. The van der Waals surface area contributed by atoms with Crippen molar-refractivity contribution in [1.29, 1.82) is 0 Å². The molecule has 2 N–H and O–H groups in total. The minimum Gasteiger partial charge on any atom is -0.315 e. The summed E-state index contributed by atoms with van der Waals surface area (Å²) in [6.45, 7) is 8.34. The first kappa shape index (κ1) is 13.4. The van der Waals surface area contributed by atoms with Gasteiger partial charge in [0.1, 0.15) is 0 Å². The molecule has 0 bridgehead atoms. The molecule has 0 aromatic carbocycles. The molecule has 2 unspecified atom stereocenters. The van der Waals surface area contributed by atoms with Crippen molar-refractivity contribution in [3.8, 4) is 0 Å². The molecule has 2 heteroatoms. The molecule has 1 aliphatic carbocycles. The van der Waals surface area contributed by atoms with Crippen LogP contribution in [-0.4, -0.2) is 25.7 Å². The lowest BCUT2D eigenvalue weighted by atomic mass is 9.67. The lowest BCUT2D eigenvalue weighted by Gasteiger charge is -2.42. The normalized spacial score (nSPS) is 32.1. The van der Waals surface area contributed by atoms with E-state index in [1.54, 1.807) is 0 Å². The van der Waals surface area contributed by atoms with Gasteiger partial charge in [0.25, 0.3) is 0 Å². The maximum atomic E-state index is 3.73. The largest absolute Gasteiger partial charge is 0.315 e. The molecule has 0 radical (unpaired) electrons. The van der Waals surface area contributed by atoms with Gasteiger partial charge < -0.3 is 10.6 Å². The van der Waals surface area contributed by atoms with E-state index in [1.807, 2.05) is 0 Å². The Bertz CT molecular complexity index is 217. The van der Waals surface area contributed by atoms with E-state index in [9.17, 15) is 0 Å². The van der Waals surface area contributed by atoms with Crippen molar-refractivity contribution in [3.05, 3.63) is 0 Å². The van der Waals surface area contributed by atoms with Gasteiger partial charge in [0.05, 0.1) is 0 Å². The molecule has 0 amide bonds. The van der Waals surface area contributed by atoms with E-state index in [-0.39, 0.29) is 0 Å². The molecular weight excluding hydrogens is 208 g/mol. The van der Waals surface area contributed by atoms with Crippen molar-refractivity contribution >= 4 is 0 Å². The topological polar surface area (TPSA) is 24.1 Å². The summed E-state index contributed by atoms with van der Waals surface area (Å²) in [5.41, 5.74) is 0.666. The number of hydrogen-bond acceptors (Lipinski definition) is 2. The van der Waals surface area contributed by atoms with E-state index in [2.05, 4.69) is 24.5 Å². The first-order chi connectivity index (χ1) is 8.28. The molecule has 2 rings (SSSR count). The molecule has 1 heterocycles. The van der Waals surface area contributed by atoms with Gasteiger partial charge in [-0.25, -0.2) is 0 Å². The minimum absolute atomic E-state index is 0.666. The maximum absolute atomic E-state index is 3.73. The molecule has 1 saturated carbocycles. The van der Waals surface area contributed by atoms with Gasteiger partial charge in [-0.2, -0.15) is 0 Å². The number of piperidine rings is 1. The van der Waals surface area contributed by atoms with Crippen LogP contribution in [0.4, 0.5) is 0 Å². The molecule has 1 saturated heterocycles. The van der Waals surface area contributed by atoms with Crippen LogP contribution in [-0.2, 0) is 0 Å². The van der Waals surface area contributed by atoms with E-state index in [1.165, 1.54) is 64.6 Å². The maximum Gasteiger partial charge on any atom is 0.0195 e. The summed E-state index contributed by atoms with van der Waals surface area (Å²) in [5.74, 6) is 0.965. The third-order valence-electron chi connectivity index (χ3n) is 5.24. The Morgan fingerprint density at radius 2 is 2.12 bits per heavy atom. The second-order valence-electron chi connectivity index (χ2n) is 6.29. The van der Waals surface area contributed by atoms with Crippen LogP contribution in [0.25, 0.3) is 0 Å². The monoisotopic (exact) mass is 238 g/mol. The molecule has 2 atom stereocenters. The number of rotatable bonds is 6. The fourth-order valence-electron chi connectivity index (χ4n) is 3.47. The molecule has 2 nitrogen and oxygen atoms in total. The Labute approximate surface area is 107 Å². The molecule has 2 fully saturated rings. The van der Waals surface area contributed by atoms with Crippen LogP contribution in [0.2, 0.25) is 0 Å². The van der Waals surface area contributed by atoms with E-state index in [0.717, 1.165) is 12.0 Å². The Balaban J connectivity index is 1.64. The predicted molar refractivity (Wildman–Crippen MR) is 74.3 cm³/mol. The first-order valence-electron chi connectivity index (χ1n) is 7.72. The van der Waals surface area contributed by atoms with E-state index >= 15 is 0 Å². The van der Waals surface area contributed by atoms with Crippen LogP contribution < -0.4 is 10.6 Å². The van der Waals surface area contributed by atoms with Crippen molar-refractivity contribution in [1.82, 2.24) is 10.6 Å². The summed E-state index contributed by atoms with van der Waals surface area (Å²) in [5, 5.41) is 7.39. The van der Waals surface area contributed by atoms with Crippen molar-refractivity contribution in [2.24, 2.45) is 11.3 Å². The van der Waals surface area contributed by atoms with Gasteiger partial charge in [-0.05, 0) is 50.0 Å². The average Bonchev–Trinajstić information content (AvgIpc) is 2.33. The highest BCUT2D eigenvalue weighted by Gasteiger charge is 2.34. The highest BCUT2D eigenvalue weighted by molar-refractivity contribution is 4.89. The van der Waals surface area contributed by atoms with E-state index in [0.29, 0.717) is 5.41 Å². The summed E-state index contributed by atoms with van der Waals surface area (Å²) in [7, 11) is 0. The Hall–Kier alpha value is -0.0800. The fourth-order valence-corrected chi connectivity index (χ4v) is 3.47. The SMILES string of the molecule is CCC1CCNC(CNCC2(CC)CCC2)C1. The Morgan fingerprint density at radius 3 is 2.71 bits per heavy atom. The molecule has 0 aromatic heterocycles. The predicted octanol–water partition coefficient (Wildman–Crippen LogP) is 2.93. The third kappa shape index (κ3) is 3.45. The van der Waals surface area contributed by atoms with Gasteiger partial charge >= 0.3 is 0 Å². The van der Waals surface area contributed by atoms with Crippen LogP contribution in [0.15, 0.2) is 0 Å². The summed E-state index contributed by atoms with van der Waals surface area (Å²) >= 11 is 0. The van der Waals surface area contributed by atoms with Crippen molar-refractivity contribution in [2.75, 3.05) is 19.6 Å². The summed E-state index contributed by atoms with van der Waals surface area (Å²) in [6.07, 6.45) is 9.83. The number of nitrogens with one attached hydrogen (secondary N) is 2. The van der Waals surface area contributed by atoms with Gasteiger partial charge in [0.15, 0.2) is 0 Å². The zero-order valence-corrected chi connectivity index (χ0v) is 11.7. The van der Waals surface area contributed by atoms with E-state index < -0.39 is 0 Å². The Morgan fingerprint density at radius 1 is 1.29 bits per heavy atom. The Kier molecular flexibility index (Phi) is 4.87. The van der Waals surface area contributed by atoms with Crippen molar-refractivity contribution in [2.45, 2.75) is 64.8 Å². The van der Waals surface area contributed by atoms with Gasteiger partial charge in [-0.3, -0.25) is 0 Å². The van der Waals surface area contributed by atoms with Crippen molar-refractivity contribution < 1.29 is 0 Å². The second kappa shape index (κ2) is 6.19.